The third-order valence-corrected chi connectivity index (χ3v) is 0.408. The first-order chi connectivity index (χ1) is 2.77. The number of hydrogen-bond donors (Lipinski definition) is 1. The molecule has 1 N–H and O–H groups in total. The summed E-state index contributed by atoms with van der Waals surface area (Å²) in [7, 11) is 0. The molecule has 1 radical (unpaired) electrons. The summed E-state index contributed by atoms with van der Waals surface area (Å²) in [6.07, 6.45) is -0.602. The SMILES string of the molecule is CCOC(C)O.[Y]. The molecule has 0 bridgehead atoms. The molecular formula is C4H10O2Y. The molecule has 1 atom stereocenters. The third kappa shape index (κ3) is 10.9. The third-order valence-electron chi connectivity index (χ3n) is 0.408. The van der Waals surface area contributed by atoms with Crippen LogP contribution in [0.25, 0.3) is 0 Å². The van der Waals surface area contributed by atoms with E-state index in [9.17, 15) is 0 Å². The predicted molar refractivity (Wildman–Crippen MR) is 23.3 cm³/mol. The van der Waals surface area contributed by atoms with Gasteiger partial charge >= 0.3 is 0 Å². The maximum Gasteiger partial charge on any atom is 0.151 e. The monoisotopic (exact) mass is 179 g/mol. The molecule has 0 aromatic heterocycles. The van der Waals surface area contributed by atoms with E-state index in [0.29, 0.717) is 6.61 Å². The van der Waals surface area contributed by atoms with Crippen molar-refractivity contribution in [2.45, 2.75) is 20.1 Å². The number of aliphatic hydroxyl groups is 1. The Balaban J connectivity index is 0. The molecule has 7 heavy (non-hydrogen) atoms. The summed E-state index contributed by atoms with van der Waals surface area (Å²) < 4.78 is 4.60. The van der Waals surface area contributed by atoms with Gasteiger partial charge in [-0.1, -0.05) is 0 Å². The summed E-state index contributed by atoms with van der Waals surface area (Å²) in [4.78, 5) is 0. The van der Waals surface area contributed by atoms with Crippen LogP contribution >= 0.6 is 0 Å². The molecule has 0 aliphatic heterocycles. The molecule has 0 saturated carbocycles. The van der Waals surface area contributed by atoms with Gasteiger partial charge in [0, 0.05) is 39.3 Å². The van der Waals surface area contributed by atoms with Gasteiger partial charge in [-0.3, -0.25) is 0 Å². The van der Waals surface area contributed by atoms with Crippen LogP contribution in [0.2, 0.25) is 0 Å². The molecule has 0 saturated heterocycles. The quantitative estimate of drug-likeness (QED) is 0.620. The summed E-state index contributed by atoms with van der Waals surface area (Å²) in [5.74, 6) is 0. The summed E-state index contributed by atoms with van der Waals surface area (Å²) in [5.41, 5.74) is 0. The standard InChI is InChI=1S/C4H10O2.Y/c1-3-6-4(2)5;/h4-5H,3H2,1-2H3;. The van der Waals surface area contributed by atoms with Crippen molar-refractivity contribution in [2.75, 3.05) is 6.61 Å². The second-order valence-electron chi connectivity index (χ2n) is 1.05. The van der Waals surface area contributed by atoms with E-state index in [-0.39, 0.29) is 32.7 Å². The second kappa shape index (κ2) is 7.02. The Hall–Kier alpha value is 1.02. The fraction of sp³-hybridized carbons (Fsp3) is 1.00. The molecular weight excluding hydrogens is 169 g/mol. The number of aliphatic hydroxyl groups excluding tert-OH is 1. The molecule has 0 aromatic carbocycles. The first-order valence-corrected chi connectivity index (χ1v) is 2.07. The van der Waals surface area contributed by atoms with Crippen molar-refractivity contribution in [3.63, 3.8) is 0 Å². The van der Waals surface area contributed by atoms with Gasteiger partial charge in [0.25, 0.3) is 0 Å². The summed E-state index contributed by atoms with van der Waals surface area (Å²) >= 11 is 0. The van der Waals surface area contributed by atoms with Gasteiger partial charge in [0.2, 0.25) is 0 Å². The summed E-state index contributed by atoms with van der Waals surface area (Å²) in [6.45, 7) is 4.01. The smallest absolute Gasteiger partial charge is 0.151 e. The van der Waals surface area contributed by atoms with Crippen molar-refractivity contribution in [1.82, 2.24) is 0 Å². The first kappa shape index (κ1) is 10.9. The van der Waals surface area contributed by atoms with Crippen LogP contribution in [-0.4, -0.2) is 18.0 Å². The van der Waals surface area contributed by atoms with Crippen LogP contribution in [0.5, 0.6) is 0 Å². The molecule has 0 fully saturated rings. The minimum absolute atomic E-state index is 0. The van der Waals surface area contributed by atoms with Gasteiger partial charge in [-0.25, -0.2) is 0 Å². The van der Waals surface area contributed by atoms with Crippen molar-refractivity contribution in [3.8, 4) is 0 Å². The Bertz CT molecular complexity index is 30.9. The zero-order chi connectivity index (χ0) is 4.99. The van der Waals surface area contributed by atoms with Crippen molar-refractivity contribution < 1.29 is 42.6 Å². The maximum absolute atomic E-state index is 8.33. The van der Waals surface area contributed by atoms with Crippen molar-refractivity contribution in [1.29, 1.82) is 0 Å². The van der Waals surface area contributed by atoms with Gasteiger partial charge in [0.15, 0.2) is 6.29 Å². The average molecular weight is 179 g/mol. The largest absolute Gasteiger partial charge is 0.368 e. The molecule has 0 spiro atoms. The zero-order valence-electron chi connectivity index (χ0n) is 4.72. The van der Waals surface area contributed by atoms with Crippen molar-refractivity contribution >= 4 is 0 Å². The Kier molecular flexibility index (Phi) is 10.9. The van der Waals surface area contributed by atoms with E-state index in [1.165, 1.54) is 0 Å². The fourth-order valence-electron chi connectivity index (χ4n) is 0.241. The fourth-order valence-corrected chi connectivity index (χ4v) is 0.241. The van der Waals surface area contributed by atoms with Crippen molar-refractivity contribution in [3.05, 3.63) is 0 Å². The predicted octanol–water partition coefficient (Wildman–Crippen LogP) is 0.359. The van der Waals surface area contributed by atoms with Gasteiger partial charge in [0.1, 0.15) is 0 Å². The maximum atomic E-state index is 8.33. The molecule has 0 aliphatic rings. The molecule has 3 heteroatoms. The number of hydrogen-bond acceptors (Lipinski definition) is 2. The van der Waals surface area contributed by atoms with Crippen LogP contribution in [0.4, 0.5) is 0 Å². The van der Waals surface area contributed by atoms with E-state index >= 15 is 0 Å². The summed E-state index contributed by atoms with van der Waals surface area (Å²) in [6, 6.07) is 0. The minimum Gasteiger partial charge on any atom is -0.368 e. The zero-order valence-corrected chi connectivity index (χ0v) is 7.56. The van der Waals surface area contributed by atoms with Crippen molar-refractivity contribution in [2.24, 2.45) is 0 Å². The molecule has 2 nitrogen and oxygen atoms in total. The normalized spacial score (nSPS) is 12.4. The Morgan fingerprint density at radius 1 is 1.71 bits per heavy atom. The van der Waals surface area contributed by atoms with Crippen LogP contribution in [0.15, 0.2) is 0 Å². The van der Waals surface area contributed by atoms with Gasteiger partial charge in [-0.2, -0.15) is 0 Å². The van der Waals surface area contributed by atoms with Gasteiger partial charge in [-0.15, -0.1) is 0 Å². The van der Waals surface area contributed by atoms with E-state index in [2.05, 4.69) is 4.74 Å². The second-order valence-corrected chi connectivity index (χ2v) is 1.05. The molecule has 0 rings (SSSR count). The molecule has 0 aromatic rings. The minimum atomic E-state index is -0.602. The van der Waals surface area contributed by atoms with E-state index in [1.54, 1.807) is 6.92 Å². The topological polar surface area (TPSA) is 29.5 Å². The number of rotatable bonds is 2. The van der Waals surface area contributed by atoms with Crippen LogP contribution < -0.4 is 0 Å². The van der Waals surface area contributed by atoms with Crippen LogP contribution in [0, 0.1) is 0 Å². The van der Waals surface area contributed by atoms with E-state index in [4.69, 9.17) is 5.11 Å². The molecule has 0 heterocycles. The Morgan fingerprint density at radius 3 is 2.14 bits per heavy atom. The van der Waals surface area contributed by atoms with Gasteiger partial charge < -0.3 is 9.84 Å². The van der Waals surface area contributed by atoms with Gasteiger partial charge in [-0.05, 0) is 13.8 Å². The van der Waals surface area contributed by atoms with Crippen LogP contribution in [0.3, 0.4) is 0 Å². The van der Waals surface area contributed by atoms with E-state index < -0.39 is 6.29 Å². The molecule has 0 amide bonds. The number of ether oxygens (including phenoxy) is 1. The van der Waals surface area contributed by atoms with Crippen LogP contribution in [0.1, 0.15) is 13.8 Å². The van der Waals surface area contributed by atoms with E-state index in [0.717, 1.165) is 0 Å². The summed E-state index contributed by atoms with van der Waals surface area (Å²) in [5, 5.41) is 8.33. The average Bonchev–Trinajstić information content (AvgIpc) is 1.35. The Morgan fingerprint density at radius 2 is 2.14 bits per heavy atom. The first-order valence-electron chi connectivity index (χ1n) is 2.07. The van der Waals surface area contributed by atoms with Crippen LogP contribution in [-0.2, 0) is 37.4 Å². The molecule has 41 valence electrons. The molecule has 0 aliphatic carbocycles. The Labute approximate surface area is 69.1 Å². The van der Waals surface area contributed by atoms with E-state index in [1.807, 2.05) is 6.92 Å². The van der Waals surface area contributed by atoms with Gasteiger partial charge in [0.05, 0.1) is 0 Å². The molecule has 1 unspecified atom stereocenters.